The van der Waals surface area contributed by atoms with E-state index in [1.807, 2.05) is 48.5 Å². The molecule has 0 bridgehead atoms. The van der Waals surface area contributed by atoms with Crippen LogP contribution in [0, 0.1) is 0 Å². The Balaban J connectivity index is 1.34. The van der Waals surface area contributed by atoms with Crippen molar-refractivity contribution in [1.29, 1.82) is 0 Å². The number of benzene rings is 6. The van der Waals surface area contributed by atoms with E-state index in [1.165, 1.54) is 24.3 Å². The van der Waals surface area contributed by atoms with Crippen molar-refractivity contribution in [2.24, 2.45) is 0 Å². The van der Waals surface area contributed by atoms with Crippen molar-refractivity contribution >= 4 is 11.4 Å². The van der Waals surface area contributed by atoms with Crippen LogP contribution in [0.5, 0.6) is 23.0 Å². The van der Waals surface area contributed by atoms with Gasteiger partial charge in [-0.25, -0.2) is 0 Å². The predicted molar refractivity (Wildman–Crippen MR) is 176 cm³/mol. The van der Waals surface area contributed by atoms with E-state index in [2.05, 4.69) is 0 Å². The molecule has 6 aromatic carbocycles. The molecule has 0 atom stereocenters. The van der Waals surface area contributed by atoms with Gasteiger partial charge in [-0.1, -0.05) is 84.9 Å². The van der Waals surface area contributed by atoms with Gasteiger partial charge in [-0.2, -0.15) is 26.3 Å². The quantitative estimate of drug-likeness (QED) is 0.137. The molecule has 0 unspecified atom stereocenters. The lowest BCUT2D eigenvalue weighted by molar-refractivity contribution is -0.139. The van der Waals surface area contributed by atoms with Gasteiger partial charge in [0.1, 0.15) is 22.6 Å². The van der Waals surface area contributed by atoms with Gasteiger partial charge in [-0.3, -0.25) is 0 Å². The maximum absolute atomic E-state index is 13.8. The number of nitrogen functional groups attached to an aromatic ring is 2. The summed E-state index contributed by atoms with van der Waals surface area (Å²) in [5.74, 6) is -0.687. The highest BCUT2D eigenvalue weighted by Crippen LogP contribution is 2.56. The second-order valence-electron chi connectivity index (χ2n) is 11.5. The number of hydrogen-bond donors (Lipinski definition) is 2. The minimum absolute atomic E-state index is 0.145. The van der Waals surface area contributed by atoms with E-state index in [0.29, 0.717) is 0 Å². The van der Waals surface area contributed by atoms with Crippen molar-refractivity contribution in [2.75, 3.05) is 11.5 Å². The van der Waals surface area contributed by atoms with Crippen molar-refractivity contribution in [3.63, 3.8) is 0 Å². The third-order valence-corrected chi connectivity index (χ3v) is 8.67. The highest BCUT2D eigenvalue weighted by molar-refractivity contribution is 5.86. The fraction of sp³-hybridized carbons (Fsp3) is 0.0769. The molecule has 1 aliphatic carbocycles. The second kappa shape index (κ2) is 11.7. The minimum atomic E-state index is -4.68. The Labute approximate surface area is 277 Å². The summed E-state index contributed by atoms with van der Waals surface area (Å²) in [5, 5.41) is 0. The molecule has 246 valence electrons. The van der Waals surface area contributed by atoms with Crippen LogP contribution in [0.2, 0.25) is 0 Å². The van der Waals surface area contributed by atoms with Gasteiger partial charge < -0.3 is 20.9 Å². The fourth-order valence-corrected chi connectivity index (χ4v) is 6.59. The van der Waals surface area contributed by atoms with Crippen molar-refractivity contribution in [3.05, 3.63) is 167 Å². The molecule has 0 saturated heterocycles. The molecule has 0 fully saturated rings. The zero-order valence-corrected chi connectivity index (χ0v) is 25.4. The summed E-state index contributed by atoms with van der Waals surface area (Å²) in [7, 11) is 0. The maximum Gasteiger partial charge on any atom is 0.420 e. The van der Waals surface area contributed by atoms with Gasteiger partial charge in [0.15, 0.2) is 11.5 Å². The number of anilines is 2. The van der Waals surface area contributed by atoms with Crippen LogP contribution >= 0.6 is 0 Å². The molecule has 0 spiro atoms. The van der Waals surface area contributed by atoms with Gasteiger partial charge in [0.05, 0.1) is 16.8 Å². The second-order valence-corrected chi connectivity index (χ2v) is 11.5. The highest BCUT2D eigenvalue weighted by Gasteiger charge is 2.46. The number of rotatable bonds is 6. The topological polar surface area (TPSA) is 70.5 Å². The molecular formula is C39H26F6N2O2. The van der Waals surface area contributed by atoms with Crippen LogP contribution in [-0.4, -0.2) is 0 Å². The molecule has 0 aromatic heterocycles. The molecule has 0 radical (unpaired) electrons. The van der Waals surface area contributed by atoms with Crippen molar-refractivity contribution in [2.45, 2.75) is 17.8 Å². The number of hydrogen-bond acceptors (Lipinski definition) is 4. The van der Waals surface area contributed by atoms with E-state index in [0.717, 1.165) is 45.5 Å². The summed E-state index contributed by atoms with van der Waals surface area (Å²) in [6.45, 7) is 0. The Morgan fingerprint density at radius 3 is 1.16 bits per heavy atom. The summed E-state index contributed by atoms with van der Waals surface area (Å²) in [5.41, 5.74) is 14.0. The molecule has 10 heteroatoms. The molecular weight excluding hydrogens is 642 g/mol. The number of fused-ring (bicyclic) bond motifs is 3. The molecule has 4 N–H and O–H groups in total. The zero-order chi connectivity index (χ0) is 34.6. The Hall–Kier alpha value is -5.90. The molecule has 0 amide bonds. The molecule has 49 heavy (non-hydrogen) atoms. The Kier molecular flexibility index (Phi) is 7.54. The van der Waals surface area contributed by atoms with E-state index < -0.39 is 40.4 Å². The van der Waals surface area contributed by atoms with Gasteiger partial charge in [0.2, 0.25) is 0 Å². The van der Waals surface area contributed by atoms with Crippen LogP contribution in [0.3, 0.4) is 0 Å². The van der Waals surface area contributed by atoms with E-state index >= 15 is 0 Å². The fourth-order valence-electron chi connectivity index (χ4n) is 6.59. The van der Waals surface area contributed by atoms with Gasteiger partial charge in [-0.05, 0) is 81.9 Å². The summed E-state index contributed by atoms with van der Waals surface area (Å²) >= 11 is 0. The first-order valence-corrected chi connectivity index (χ1v) is 15.1. The first kappa shape index (κ1) is 31.7. The first-order valence-electron chi connectivity index (χ1n) is 15.1. The zero-order valence-electron chi connectivity index (χ0n) is 25.4. The van der Waals surface area contributed by atoms with Crippen LogP contribution in [-0.2, 0) is 17.8 Å². The van der Waals surface area contributed by atoms with E-state index in [-0.39, 0.29) is 22.9 Å². The molecule has 0 saturated carbocycles. The van der Waals surface area contributed by atoms with Crippen molar-refractivity contribution in [3.8, 4) is 34.1 Å². The van der Waals surface area contributed by atoms with Crippen LogP contribution in [0.15, 0.2) is 133 Å². The average molecular weight is 669 g/mol. The molecule has 1 aliphatic rings. The Morgan fingerprint density at radius 2 is 0.796 bits per heavy atom. The van der Waals surface area contributed by atoms with Gasteiger partial charge in [0, 0.05) is 0 Å². The standard InChI is InChI=1S/C39H26F6N2O2/c40-38(41,42)31-11-5-13-33(46)35(31)48-25-19-15-23(16-20-25)37(29-9-3-1-7-27(29)28-8-2-4-10-30(28)37)24-17-21-26(22-18-24)49-36-32(39(43,44)45)12-6-14-34(36)47/h1-22H,46-47H2. The predicted octanol–water partition coefficient (Wildman–Crippen LogP) is 10.8. The average Bonchev–Trinajstić information content (AvgIpc) is 3.37. The minimum Gasteiger partial charge on any atom is -0.455 e. The van der Waals surface area contributed by atoms with Crippen LogP contribution in [0.1, 0.15) is 33.4 Å². The number of para-hydroxylation sites is 2. The lowest BCUT2D eigenvalue weighted by Gasteiger charge is -2.34. The lowest BCUT2D eigenvalue weighted by atomic mass is 9.68. The number of ether oxygens (including phenoxy) is 2. The normalized spacial score (nSPS) is 13.4. The Bertz CT molecular complexity index is 2020. The summed E-state index contributed by atoms with van der Waals surface area (Å²) in [4.78, 5) is 0. The first-order chi connectivity index (χ1) is 23.4. The largest absolute Gasteiger partial charge is 0.455 e. The van der Waals surface area contributed by atoms with E-state index in [4.69, 9.17) is 20.9 Å². The SMILES string of the molecule is Nc1cccc(C(F)(F)F)c1Oc1ccc(C2(c3ccc(Oc4c(N)cccc4C(F)(F)F)cc3)c3ccccc3-c3ccccc32)cc1. The van der Waals surface area contributed by atoms with Crippen molar-refractivity contribution < 1.29 is 35.8 Å². The lowest BCUT2D eigenvalue weighted by Crippen LogP contribution is -2.28. The summed E-state index contributed by atoms with van der Waals surface area (Å²) in [6, 6.07) is 36.1. The Morgan fingerprint density at radius 1 is 0.429 bits per heavy atom. The maximum atomic E-state index is 13.8. The van der Waals surface area contributed by atoms with E-state index in [9.17, 15) is 26.3 Å². The third-order valence-electron chi connectivity index (χ3n) is 8.67. The summed E-state index contributed by atoms with van der Waals surface area (Å²) < 4.78 is 94.0. The summed E-state index contributed by atoms with van der Waals surface area (Å²) in [6.07, 6.45) is -9.36. The van der Waals surface area contributed by atoms with E-state index in [1.54, 1.807) is 48.5 Å². The monoisotopic (exact) mass is 668 g/mol. The number of alkyl halides is 6. The molecule has 0 aliphatic heterocycles. The molecule has 7 rings (SSSR count). The molecule has 6 aromatic rings. The van der Waals surface area contributed by atoms with Gasteiger partial charge >= 0.3 is 12.4 Å². The molecule has 0 heterocycles. The van der Waals surface area contributed by atoms with Gasteiger partial charge in [0.25, 0.3) is 0 Å². The number of nitrogens with two attached hydrogens (primary N) is 2. The van der Waals surface area contributed by atoms with Crippen LogP contribution in [0.25, 0.3) is 11.1 Å². The van der Waals surface area contributed by atoms with Gasteiger partial charge in [-0.15, -0.1) is 0 Å². The molecule has 4 nitrogen and oxygen atoms in total. The third kappa shape index (κ3) is 5.39. The number of halogens is 6. The van der Waals surface area contributed by atoms with Crippen LogP contribution < -0.4 is 20.9 Å². The smallest absolute Gasteiger partial charge is 0.420 e. The van der Waals surface area contributed by atoms with Crippen molar-refractivity contribution in [1.82, 2.24) is 0 Å². The van der Waals surface area contributed by atoms with Crippen LogP contribution in [0.4, 0.5) is 37.7 Å². The highest BCUT2D eigenvalue weighted by atomic mass is 19.4.